The highest BCUT2D eigenvalue weighted by atomic mass is 16.5. The molecule has 0 saturated heterocycles. The van der Waals surface area contributed by atoms with Crippen molar-refractivity contribution in [1.82, 2.24) is 9.97 Å². The molecule has 0 aliphatic rings. The summed E-state index contributed by atoms with van der Waals surface area (Å²) >= 11 is 0. The zero-order chi connectivity index (χ0) is 12.1. The van der Waals surface area contributed by atoms with Gasteiger partial charge in [-0.15, -0.1) is 0 Å². The van der Waals surface area contributed by atoms with Gasteiger partial charge < -0.3 is 9.72 Å². The summed E-state index contributed by atoms with van der Waals surface area (Å²) in [6, 6.07) is 5.89. The SMILES string of the molecule is CCOC(=O)CC=Cc1ccc2nc[nH]c2c1. The van der Waals surface area contributed by atoms with Crippen LogP contribution in [0.25, 0.3) is 17.1 Å². The van der Waals surface area contributed by atoms with Crippen molar-refractivity contribution >= 4 is 23.1 Å². The molecule has 0 bridgehead atoms. The molecule has 1 heterocycles. The maximum absolute atomic E-state index is 11.1. The van der Waals surface area contributed by atoms with Gasteiger partial charge >= 0.3 is 5.97 Å². The van der Waals surface area contributed by atoms with Crippen molar-refractivity contribution in [2.75, 3.05) is 6.61 Å². The summed E-state index contributed by atoms with van der Waals surface area (Å²) in [5.74, 6) is -0.202. The maximum Gasteiger partial charge on any atom is 0.309 e. The molecule has 17 heavy (non-hydrogen) atoms. The topological polar surface area (TPSA) is 55.0 Å². The van der Waals surface area contributed by atoms with E-state index < -0.39 is 0 Å². The first-order valence-corrected chi connectivity index (χ1v) is 5.55. The van der Waals surface area contributed by atoms with E-state index in [9.17, 15) is 4.79 Å². The van der Waals surface area contributed by atoms with Crippen LogP contribution in [0.15, 0.2) is 30.6 Å². The van der Waals surface area contributed by atoms with E-state index in [1.807, 2.05) is 24.3 Å². The van der Waals surface area contributed by atoms with Crippen LogP contribution in [-0.2, 0) is 9.53 Å². The van der Waals surface area contributed by atoms with Gasteiger partial charge in [0.2, 0.25) is 0 Å². The molecular weight excluding hydrogens is 216 g/mol. The van der Waals surface area contributed by atoms with Gasteiger partial charge in [0.25, 0.3) is 0 Å². The summed E-state index contributed by atoms with van der Waals surface area (Å²) in [4.78, 5) is 18.3. The number of aromatic amines is 1. The highest BCUT2D eigenvalue weighted by Gasteiger charge is 1.98. The Morgan fingerprint density at radius 2 is 2.41 bits per heavy atom. The van der Waals surface area contributed by atoms with Crippen LogP contribution in [0.4, 0.5) is 0 Å². The van der Waals surface area contributed by atoms with Crippen LogP contribution in [0, 0.1) is 0 Å². The number of imidazole rings is 1. The number of esters is 1. The molecule has 0 aliphatic carbocycles. The molecule has 0 aliphatic heterocycles. The Bertz CT molecular complexity index is 543. The van der Waals surface area contributed by atoms with E-state index in [4.69, 9.17) is 4.74 Å². The molecule has 0 amide bonds. The van der Waals surface area contributed by atoms with Crippen molar-refractivity contribution in [3.63, 3.8) is 0 Å². The first-order valence-electron chi connectivity index (χ1n) is 5.55. The maximum atomic E-state index is 11.1. The van der Waals surface area contributed by atoms with Gasteiger partial charge in [0.15, 0.2) is 0 Å². The third-order valence-corrected chi connectivity index (χ3v) is 2.34. The fourth-order valence-corrected chi connectivity index (χ4v) is 1.57. The summed E-state index contributed by atoms with van der Waals surface area (Å²) in [7, 11) is 0. The van der Waals surface area contributed by atoms with Crippen LogP contribution in [0.5, 0.6) is 0 Å². The zero-order valence-corrected chi connectivity index (χ0v) is 9.64. The Balaban J connectivity index is 2.02. The number of nitrogens with zero attached hydrogens (tertiary/aromatic N) is 1. The molecule has 1 aromatic heterocycles. The van der Waals surface area contributed by atoms with Crippen LogP contribution in [-0.4, -0.2) is 22.5 Å². The first-order chi connectivity index (χ1) is 8.29. The Labute approximate surface area is 99.3 Å². The molecule has 0 saturated carbocycles. The highest BCUT2D eigenvalue weighted by Crippen LogP contribution is 2.12. The average molecular weight is 230 g/mol. The Morgan fingerprint density at radius 3 is 3.24 bits per heavy atom. The third kappa shape index (κ3) is 2.93. The molecule has 4 nitrogen and oxygen atoms in total. The second-order valence-electron chi connectivity index (χ2n) is 3.59. The van der Waals surface area contributed by atoms with Crippen molar-refractivity contribution in [1.29, 1.82) is 0 Å². The van der Waals surface area contributed by atoms with Crippen molar-refractivity contribution in [3.8, 4) is 0 Å². The Kier molecular flexibility index (Phi) is 3.55. The average Bonchev–Trinajstić information content (AvgIpc) is 2.76. The smallest absolute Gasteiger partial charge is 0.309 e. The predicted octanol–water partition coefficient (Wildman–Crippen LogP) is 2.53. The second-order valence-corrected chi connectivity index (χ2v) is 3.59. The fourth-order valence-electron chi connectivity index (χ4n) is 1.57. The van der Waals surface area contributed by atoms with Gasteiger partial charge in [-0.25, -0.2) is 4.98 Å². The first kappa shape index (κ1) is 11.4. The summed E-state index contributed by atoms with van der Waals surface area (Å²) in [5.41, 5.74) is 2.96. The third-order valence-electron chi connectivity index (χ3n) is 2.34. The number of hydrogen-bond acceptors (Lipinski definition) is 3. The lowest BCUT2D eigenvalue weighted by atomic mass is 10.2. The van der Waals surface area contributed by atoms with Crippen LogP contribution >= 0.6 is 0 Å². The van der Waals surface area contributed by atoms with Gasteiger partial charge in [-0.1, -0.05) is 18.2 Å². The Morgan fingerprint density at radius 1 is 1.53 bits per heavy atom. The number of ether oxygens (including phenoxy) is 1. The van der Waals surface area contributed by atoms with E-state index >= 15 is 0 Å². The van der Waals surface area contributed by atoms with E-state index in [1.54, 1.807) is 19.3 Å². The molecule has 1 aromatic carbocycles. The zero-order valence-electron chi connectivity index (χ0n) is 9.64. The van der Waals surface area contributed by atoms with E-state index in [2.05, 4.69) is 9.97 Å². The highest BCUT2D eigenvalue weighted by molar-refractivity contribution is 5.78. The quantitative estimate of drug-likeness (QED) is 0.821. The number of hydrogen-bond donors (Lipinski definition) is 1. The molecule has 2 aromatic rings. The molecule has 0 radical (unpaired) electrons. The minimum Gasteiger partial charge on any atom is -0.466 e. The molecule has 4 heteroatoms. The van der Waals surface area contributed by atoms with Gasteiger partial charge in [-0.05, 0) is 24.6 Å². The molecule has 0 spiro atoms. The lowest BCUT2D eigenvalue weighted by Crippen LogP contribution is -2.01. The van der Waals surface area contributed by atoms with E-state index in [1.165, 1.54) is 0 Å². The molecule has 0 atom stereocenters. The van der Waals surface area contributed by atoms with E-state index in [-0.39, 0.29) is 5.97 Å². The number of benzene rings is 1. The summed E-state index contributed by atoms with van der Waals surface area (Å²) < 4.78 is 4.83. The van der Waals surface area contributed by atoms with Gasteiger partial charge in [-0.3, -0.25) is 4.79 Å². The summed E-state index contributed by atoms with van der Waals surface area (Å²) in [6.45, 7) is 2.22. The number of fused-ring (bicyclic) bond motifs is 1. The number of carbonyl (C=O) groups is 1. The van der Waals surface area contributed by atoms with Gasteiger partial charge in [0, 0.05) is 0 Å². The number of nitrogens with one attached hydrogen (secondary N) is 1. The summed E-state index contributed by atoms with van der Waals surface area (Å²) in [6.07, 6.45) is 5.67. The van der Waals surface area contributed by atoms with Crippen LogP contribution in [0.3, 0.4) is 0 Å². The molecule has 88 valence electrons. The number of H-pyrrole nitrogens is 1. The van der Waals surface area contributed by atoms with E-state index in [0.717, 1.165) is 16.6 Å². The van der Waals surface area contributed by atoms with Crippen molar-refractivity contribution in [2.45, 2.75) is 13.3 Å². The molecular formula is C13H14N2O2. The minimum absolute atomic E-state index is 0.202. The summed E-state index contributed by atoms with van der Waals surface area (Å²) in [5, 5.41) is 0. The van der Waals surface area contributed by atoms with Gasteiger partial charge in [0.1, 0.15) is 0 Å². The van der Waals surface area contributed by atoms with Gasteiger partial charge in [-0.2, -0.15) is 0 Å². The van der Waals surface area contributed by atoms with Gasteiger partial charge in [0.05, 0.1) is 30.4 Å². The number of rotatable bonds is 4. The molecule has 1 N–H and O–H groups in total. The van der Waals surface area contributed by atoms with Crippen molar-refractivity contribution in [2.24, 2.45) is 0 Å². The Hall–Kier alpha value is -2.10. The van der Waals surface area contributed by atoms with Crippen molar-refractivity contribution < 1.29 is 9.53 Å². The molecule has 0 unspecified atom stereocenters. The number of carbonyl (C=O) groups excluding carboxylic acids is 1. The minimum atomic E-state index is -0.202. The normalized spacial score (nSPS) is 11.1. The predicted molar refractivity (Wildman–Crippen MR) is 66.4 cm³/mol. The molecule has 2 rings (SSSR count). The van der Waals surface area contributed by atoms with Crippen LogP contribution in [0.1, 0.15) is 18.9 Å². The lowest BCUT2D eigenvalue weighted by Gasteiger charge is -1.97. The molecule has 0 fully saturated rings. The van der Waals surface area contributed by atoms with E-state index in [0.29, 0.717) is 13.0 Å². The second kappa shape index (κ2) is 5.30. The van der Waals surface area contributed by atoms with Crippen LogP contribution < -0.4 is 0 Å². The number of aromatic nitrogens is 2. The fraction of sp³-hybridized carbons (Fsp3) is 0.231. The van der Waals surface area contributed by atoms with Crippen LogP contribution in [0.2, 0.25) is 0 Å². The largest absolute Gasteiger partial charge is 0.466 e. The van der Waals surface area contributed by atoms with Crippen molar-refractivity contribution in [3.05, 3.63) is 36.2 Å². The monoisotopic (exact) mass is 230 g/mol. The standard InChI is InChI=1S/C13H14N2O2/c1-2-17-13(16)5-3-4-10-6-7-11-12(8-10)15-9-14-11/h3-4,6-9H,2,5H2,1H3,(H,14,15). The lowest BCUT2D eigenvalue weighted by molar-refractivity contribution is -0.142.